The number of primary amides is 1. The molecule has 0 unspecified atom stereocenters. The molecule has 0 saturated heterocycles. The second kappa shape index (κ2) is 7.95. The third-order valence-corrected chi connectivity index (χ3v) is 5.01. The van der Waals surface area contributed by atoms with Crippen LogP contribution in [-0.2, 0) is 13.5 Å². The number of benzene rings is 1. The number of rotatable bonds is 5. The summed E-state index contributed by atoms with van der Waals surface area (Å²) in [5.41, 5.74) is 8.87. The number of fused-ring (bicyclic) bond motifs is 3. The maximum absolute atomic E-state index is 12.0. The lowest BCUT2D eigenvalue weighted by atomic mass is 10.1. The Kier molecular flexibility index (Phi) is 4.82. The largest absolute Gasteiger partial charge is 0.490 e. The molecule has 5 rings (SSSR count). The van der Waals surface area contributed by atoms with Gasteiger partial charge in [-0.1, -0.05) is 17.3 Å². The highest BCUT2D eigenvalue weighted by Gasteiger charge is 2.24. The average Bonchev–Trinajstić information content (AvgIpc) is 3.04. The summed E-state index contributed by atoms with van der Waals surface area (Å²) in [6, 6.07) is 11.0. The number of hydrogen-bond donors (Lipinski definition) is 3. The van der Waals surface area contributed by atoms with E-state index in [1.165, 1.54) is 6.20 Å². The van der Waals surface area contributed by atoms with Crippen LogP contribution in [0, 0.1) is 0 Å². The molecule has 11 heteroatoms. The van der Waals surface area contributed by atoms with Crippen LogP contribution in [0.15, 0.2) is 48.8 Å². The van der Waals surface area contributed by atoms with Gasteiger partial charge in [-0.05, 0) is 24.3 Å². The van der Waals surface area contributed by atoms with Crippen LogP contribution in [0.1, 0.15) is 16.1 Å². The Bertz CT molecular complexity index is 1300. The van der Waals surface area contributed by atoms with E-state index in [1.807, 2.05) is 31.3 Å². The van der Waals surface area contributed by atoms with Crippen molar-refractivity contribution in [1.29, 1.82) is 0 Å². The minimum absolute atomic E-state index is 0.142. The normalized spacial score (nSPS) is 12.2. The predicted molar refractivity (Wildman–Crippen MR) is 117 cm³/mol. The van der Waals surface area contributed by atoms with Crippen LogP contribution in [0.2, 0.25) is 0 Å². The van der Waals surface area contributed by atoms with Crippen molar-refractivity contribution in [3.05, 3.63) is 60.0 Å². The Morgan fingerprint density at radius 1 is 1.16 bits per heavy atom. The number of anilines is 4. The predicted octanol–water partition coefficient (Wildman–Crippen LogP) is 2.19. The van der Waals surface area contributed by atoms with E-state index in [0.29, 0.717) is 30.3 Å². The highest BCUT2D eigenvalue weighted by atomic mass is 16.5. The van der Waals surface area contributed by atoms with E-state index in [4.69, 9.17) is 10.5 Å². The molecule has 0 spiro atoms. The van der Waals surface area contributed by atoms with Crippen molar-refractivity contribution >= 4 is 29.2 Å². The Morgan fingerprint density at radius 2 is 2.06 bits per heavy atom. The molecule has 4 aromatic rings. The lowest BCUT2D eigenvalue weighted by Crippen LogP contribution is -2.16. The van der Waals surface area contributed by atoms with Crippen LogP contribution >= 0.6 is 0 Å². The van der Waals surface area contributed by atoms with Crippen molar-refractivity contribution < 1.29 is 9.53 Å². The number of carbonyl (C=O) groups excluding carboxylic acids is 1. The first kappa shape index (κ1) is 19.4. The van der Waals surface area contributed by atoms with Gasteiger partial charge in [0.2, 0.25) is 5.95 Å². The fourth-order valence-corrected chi connectivity index (χ4v) is 3.49. The number of nitrogens with two attached hydrogens (primary N) is 1. The van der Waals surface area contributed by atoms with Crippen LogP contribution in [0.25, 0.3) is 11.3 Å². The number of aromatic nitrogens is 6. The highest BCUT2D eigenvalue weighted by molar-refractivity contribution is 5.98. The Hall–Kier alpha value is -4.54. The van der Waals surface area contributed by atoms with E-state index in [-0.39, 0.29) is 17.3 Å². The summed E-state index contributed by atoms with van der Waals surface area (Å²) in [5, 5.41) is 14.6. The number of hydrogen-bond acceptors (Lipinski definition) is 9. The van der Waals surface area contributed by atoms with Gasteiger partial charge in [0.05, 0.1) is 18.0 Å². The third kappa shape index (κ3) is 3.55. The first-order valence-electron chi connectivity index (χ1n) is 9.87. The molecule has 1 aliphatic rings. The number of aryl methyl sites for hydroxylation is 1. The van der Waals surface area contributed by atoms with E-state index in [1.54, 1.807) is 23.0 Å². The number of pyridine rings is 1. The van der Waals surface area contributed by atoms with Gasteiger partial charge in [0, 0.05) is 31.4 Å². The van der Waals surface area contributed by atoms with Gasteiger partial charge in [-0.2, -0.15) is 4.98 Å². The standard InChI is InChI=1S/C21H19N9O2/c1-30-15-8-10-32-18-12(17(15)28-29-30)5-4-6-14(18)25-20-13(19(22)31)11-24-21(27-20)26-16-7-2-3-9-23-16/h2-7,9,11H,8,10H2,1H3,(H2,22,31)(H2,23,24,25,26,27). The molecule has 11 nitrogen and oxygen atoms in total. The van der Waals surface area contributed by atoms with Gasteiger partial charge in [-0.25, -0.2) is 9.97 Å². The number of amides is 1. The second-order valence-corrected chi connectivity index (χ2v) is 7.07. The number of para-hydroxylation sites is 1. The Balaban J connectivity index is 1.54. The fraction of sp³-hybridized carbons (Fsp3) is 0.143. The first-order valence-corrected chi connectivity index (χ1v) is 9.87. The molecule has 160 valence electrons. The van der Waals surface area contributed by atoms with Gasteiger partial charge in [0.25, 0.3) is 5.91 Å². The number of nitrogens with one attached hydrogen (secondary N) is 2. The summed E-state index contributed by atoms with van der Waals surface area (Å²) in [7, 11) is 1.86. The SMILES string of the molecule is Cn1nnc2c1CCOc1c(Nc3nc(Nc4ccccn4)ncc3C(N)=O)cccc1-2. The molecule has 4 N–H and O–H groups in total. The summed E-state index contributed by atoms with van der Waals surface area (Å²) in [6.07, 6.45) is 3.69. The summed E-state index contributed by atoms with van der Waals surface area (Å²) in [6.45, 7) is 0.457. The van der Waals surface area contributed by atoms with Crippen molar-refractivity contribution in [2.75, 3.05) is 17.2 Å². The highest BCUT2D eigenvalue weighted by Crippen LogP contribution is 2.40. The van der Waals surface area contributed by atoms with Crippen LogP contribution in [0.3, 0.4) is 0 Å². The second-order valence-electron chi connectivity index (χ2n) is 7.07. The maximum Gasteiger partial charge on any atom is 0.254 e. The summed E-state index contributed by atoms with van der Waals surface area (Å²) < 4.78 is 7.79. The topological polar surface area (TPSA) is 146 Å². The van der Waals surface area contributed by atoms with E-state index < -0.39 is 5.91 Å². The van der Waals surface area contributed by atoms with Gasteiger partial charge < -0.3 is 21.1 Å². The van der Waals surface area contributed by atoms with Crippen molar-refractivity contribution in [2.24, 2.45) is 12.8 Å². The summed E-state index contributed by atoms with van der Waals surface area (Å²) >= 11 is 0. The molecular weight excluding hydrogens is 410 g/mol. The van der Waals surface area contributed by atoms with Gasteiger partial charge >= 0.3 is 0 Å². The first-order chi connectivity index (χ1) is 15.6. The van der Waals surface area contributed by atoms with Crippen molar-refractivity contribution in [3.8, 4) is 17.0 Å². The van der Waals surface area contributed by atoms with E-state index in [2.05, 4.69) is 35.9 Å². The smallest absolute Gasteiger partial charge is 0.254 e. The average molecular weight is 429 g/mol. The van der Waals surface area contributed by atoms with E-state index in [9.17, 15) is 4.79 Å². The zero-order valence-electron chi connectivity index (χ0n) is 17.1. The fourth-order valence-electron chi connectivity index (χ4n) is 3.49. The number of carbonyl (C=O) groups is 1. The van der Waals surface area contributed by atoms with Gasteiger partial charge in [0.15, 0.2) is 5.75 Å². The Labute approximate surface area is 182 Å². The maximum atomic E-state index is 12.0. The molecule has 0 bridgehead atoms. The zero-order chi connectivity index (χ0) is 22.1. The molecule has 0 saturated carbocycles. The molecule has 0 radical (unpaired) electrons. The summed E-state index contributed by atoms with van der Waals surface area (Å²) in [5.74, 6) is 1.01. The van der Waals surface area contributed by atoms with Crippen LogP contribution in [0.5, 0.6) is 5.75 Å². The third-order valence-electron chi connectivity index (χ3n) is 5.01. The van der Waals surface area contributed by atoms with Crippen LogP contribution in [0.4, 0.5) is 23.3 Å². The number of ether oxygens (including phenoxy) is 1. The molecular formula is C21H19N9O2. The van der Waals surface area contributed by atoms with Gasteiger partial charge in [-0.15, -0.1) is 5.10 Å². The molecule has 32 heavy (non-hydrogen) atoms. The number of nitrogens with zero attached hydrogens (tertiary/aromatic N) is 6. The lowest BCUT2D eigenvalue weighted by Gasteiger charge is -2.16. The van der Waals surface area contributed by atoms with Crippen LogP contribution < -0.4 is 21.1 Å². The zero-order valence-corrected chi connectivity index (χ0v) is 17.1. The molecule has 1 aromatic carbocycles. The minimum Gasteiger partial charge on any atom is -0.490 e. The summed E-state index contributed by atoms with van der Waals surface area (Å²) in [4.78, 5) is 24.8. The minimum atomic E-state index is -0.656. The molecule has 1 aliphatic heterocycles. The van der Waals surface area contributed by atoms with Crippen molar-refractivity contribution in [1.82, 2.24) is 29.9 Å². The molecule has 0 atom stereocenters. The molecule has 3 aromatic heterocycles. The molecule has 1 amide bonds. The molecule has 0 aliphatic carbocycles. The van der Waals surface area contributed by atoms with Crippen molar-refractivity contribution in [3.63, 3.8) is 0 Å². The van der Waals surface area contributed by atoms with Gasteiger partial charge in [0.1, 0.15) is 22.9 Å². The molecule has 0 fully saturated rings. The Morgan fingerprint density at radius 3 is 2.88 bits per heavy atom. The van der Waals surface area contributed by atoms with Crippen LogP contribution in [-0.4, -0.2) is 42.5 Å². The molecule has 4 heterocycles. The van der Waals surface area contributed by atoms with Gasteiger partial charge in [-0.3, -0.25) is 9.48 Å². The van der Waals surface area contributed by atoms with E-state index >= 15 is 0 Å². The monoisotopic (exact) mass is 429 g/mol. The van der Waals surface area contributed by atoms with E-state index in [0.717, 1.165) is 17.0 Å². The van der Waals surface area contributed by atoms with Crippen molar-refractivity contribution in [2.45, 2.75) is 6.42 Å². The lowest BCUT2D eigenvalue weighted by molar-refractivity contribution is 0.100. The quantitative estimate of drug-likeness (QED) is 0.434.